The highest BCUT2D eigenvalue weighted by atomic mass is 79.9. The van der Waals surface area contributed by atoms with Gasteiger partial charge in [-0.15, -0.1) is 0 Å². The Hall–Kier alpha value is -1.39. The summed E-state index contributed by atoms with van der Waals surface area (Å²) in [7, 11) is -1.99. The molecule has 0 saturated heterocycles. The molecule has 31 heavy (non-hydrogen) atoms. The Kier molecular flexibility index (Phi) is 7.10. The number of hydrogen-bond donors (Lipinski definition) is 0. The van der Waals surface area contributed by atoms with E-state index in [2.05, 4.69) is 116 Å². The zero-order chi connectivity index (χ0) is 24.0. The molecule has 0 aromatic heterocycles. The van der Waals surface area contributed by atoms with Crippen LogP contribution in [0, 0.1) is 10.8 Å². The van der Waals surface area contributed by atoms with Crippen molar-refractivity contribution in [1.29, 1.82) is 0 Å². The molecule has 2 nitrogen and oxygen atoms in total. The fraction of sp³-hybridized carbons (Fsp3) is 0.519. The van der Waals surface area contributed by atoms with E-state index in [1.54, 1.807) is 0 Å². The molecule has 2 rings (SSSR count). The van der Waals surface area contributed by atoms with Gasteiger partial charge in [0.15, 0.2) is 5.78 Å². The molecule has 0 radical (unpaired) electrons. The molecule has 0 spiro atoms. The van der Waals surface area contributed by atoms with Gasteiger partial charge in [0.1, 0.15) is 5.75 Å². The third-order valence-electron chi connectivity index (χ3n) is 6.19. The number of allylic oxidation sites excluding steroid dienone is 5. The second kappa shape index (κ2) is 8.51. The predicted molar refractivity (Wildman–Crippen MR) is 140 cm³/mol. The maximum atomic E-state index is 13.2. The van der Waals surface area contributed by atoms with E-state index < -0.39 is 8.32 Å². The summed E-state index contributed by atoms with van der Waals surface area (Å²) in [6.45, 7) is 23.9. The van der Waals surface area contributed by atoms with Crippen LogP contribution >= 0.6 is 15.9 Å². The maximum absolute atomic E-state index is 13.2. The third-order valence-corrected chi connectivity index (χ3v) is 11.0. The molecule has 1 aliphatic carbocycles. The topological polar surface area (TPSA) is 26.3 Å². The van der Waals surface area contributed by atoms with Crippen molar-refractivity contribution >= 4 is 36.1 Å². The second-order valence-electron chi connectivity index (χ2n) is 12.1. The first-order chi connectivity index (χ1) is 13.8. The lowest BCUT2D eigenvalue weighted by Crippen LogP contribution is -2.44. The summed E-state index contributed by atoms with van der Waals surface area (Å²) in [5.74, 6) is 1.06. The van der Waals surface area contributed by atoms with Gasteiger partial charge < -0.3 is 4.43 Å². The van der Waals surface area contributed by atoms with Crippen LogP contribution < -0.4 is 4.43 Å². The third kappa shape index (κ3) is 6.10. The summed E-state index contributed by atoms with van der Waals surface area (Å²) < 4.78 is 7.68. The van der Waals surface area contributed by atoms with Crippen molar-refractivity contribution in [3.63, 3.8) is 0 Å². The Morgan fingerprint density at radius 3 is 1.77 bits per heavy atom. The van der Waals surface area contributed by atoms with Crippen molar-refractivity contribution in [2.24, 2.45) is 10.8 Å². The molecule has 0 heterocycles. The standard InChI is InChI=1S/C27H39BrO2Si/c1-25(2,3)21-15-18(16-22(24(21)29)26(4,5)6)14-19-17-20(28)12-13-23(19)30-31(10,11)27(7,8)9/h12-17H,1-11H3. The number of carbonyl (C=O) groups is 1. The molecule has 1 aromatic carbocycles. The number of Topliss-reactive ketones (excluding diaryl/α,β-unsaturated/α-hetero) is 1. The molecule has 0 amide bonds. The Morgan fingerprint density at radius 2 is 1.35 bits per heavy atom. The molecule has 0 atom stereocenters. The van der Waals surface area contributed by atoms with Crippen molar-refractivity contribution in [2.75, 3.05) is 0 Å². The quantitative estimate of drug-likeness (QED) is 0.386. The first-order valence-electron chi connectivity index (χ1n) is 11.0. The minimum absolute atomic E-state index is 0.111. The van der Waals surface area contributed by atoms with E-state index >= 15 is 0 Å². The fourth-order valence-electron chi connectivity index (χ4n) is 3.18. The van der Waals surface area contributed by atoms with Gasteiger partial charge in [-0.3, -0.25) is 4.79 Å². The molecular weight excluding hydrogens is 464 g/mol. The molecule has 0 fully saturated rings. The highest BCUT2D eigenvalue weighted by molar-refractivity contribution is 9.10. The molecular formula is C27H39BrO2Si. The molecule has 1 aliphatic rings. The highest BCUT2D eigenvalue weighted by Gasteiger charge is 2.39. The average Bonchev–Trinajstić information content (AvgIpc) is 2.55. The van der Waals surface area contributed by atoms with Crippen LogP contribution in [0.1, 0.15) is 67.9 Å². The van der Waals surface area contributed by atoms with Crippen LogP contribution in [-0.2, 0) is 4.79 Å². The molecule has 0 N–H and O–H groups in total. The lowest BCUT2D eigenvalue weighted by atomic mass is 9.72. The zero-order valence-electron chi connectivity index (χ0n) is 21.2. The number of carbonyl (C=O) groups excluding carboxylic acids is 1. The van der Waals surface area contributed by atoms with E-state index in [-0.39, 0.29) is 21.7 Å². The average molecular weight is 504 g/mol. The molecule has 0 bridgehead atoms. The van der Waals surface area contributed by atoms with Crippen LogP contribution in [0.5, 0.6) is 5.75 Å². The summed E-state index contributed by atoms with van der Waals surface area (Å²) in [4.78, 5) is 13.2. The molecule has 170 valence electrons. The van der Waals surface area contributed by atoms with Gasteiger partial charge in [-0.1, -0.05) is 78.2 Å². The van der Waals surface area contributed by atoms with Gasteiger partial charge in [0.25, 0.3) is 8.32 Å². The van der Waals surface area contributed by atoms with E-state index in [0.29, 0.717) is 0 Å². The monoisotopic (exact) mass is 502 g/mol. The lowest BCUT2D eigenvalue weighted by molar-refractivity contribution is -0.114. The van der Waals surface area contributed by atoms with Gasteiger partial charge in [-0.05, 0) is 71.0 Å². The lowest BCUT2D eigenvalue weighted by Gasteiger charge is -2.37. The fourth-order valence-corrected chi connectivity index (χ4v) is 4.60. The van der Waals surface area contributed by atoms with Crippen LogP contribution in [0.3, 0.4) is 0 Å². The van der Waals surface area contributed by atoms with Gasteiger partial charge in [0.2, 0.25) is 0 Å². The highest BCUT2D eigenvalue weighted by Crippen LogP contribution is 2.41. The maximum Gasteiger partial charge on any atom is 0.250 e. The summed E-state index contributed by atoms with van der Waals surface area (Å²) in [5, 5.41) is 0.111. The molecule has 0 aliphatic heterocycles. The minimum atomic E-state index is -1.99. The number of ketones is 1. The molecule has 0 unspecified atom stereocenters. The predicted octanol–water partition coefficient (Wildman–Crippen LogP) is 8.74. The van der Waals surface area contributed by atoms with Crippen LogP contribution in [0.2, 0.25) is 18.1 Å². The summed E-state index contributed by atoms with van der Waals surface area (Å²) in [5.41, 5.74) is 3.32. The molecule has 4 heteroatoms. The largest absolute Gasteiger partial charge is 0.543 e. The molecule has 0 saturated carbocycles. The van der Waals surface area contributed by atoms with Gasteiger partial charge in [-0.2, -0.15) is 0 Å². The smallest absolute Gasteiger partial charge is 0.250 e. The zero-order valence-corrected chi connectivity index (χ0v) is 23.7. The summed E-state index contributed by atoms with van der Waals surface area (Å²) >= 11 is 3.62. The van der Waals surface area contributed by atoms with Crippen LogP contribution in [0.25, 0.3) is 6.08 Å². The van der Waals surface area contributed by atoms with Gasteiger partial charge in [0, 0.05) is 21.2 Å². The van der Waals surface area contributed by atoms with E-state index in [0.717, 1.165) is 32.5 Å². The Labute approximate surface area is 199 Å². The van der Waals surface area contributed by atoms with E-state index in [1.165, 1.54) is 0 Å². The summed E-state index contributed by atoms with van der Waals surface area (Å²) in [6, 6.07) is 6.18. The van der Waals surface area contributed by atoms with Crippen LogP contribution in [0.4, 0.5) is 0 Å². The number of hydrogen-bond acceptors (Lipinski definition) is 2. The number of benzene rings is 1. The van der Waals surface area contributed by atoms with Crippen LogP contribution in [-0.4, -0.2) is 14.1 Å². The van der Waals surface area contributed by atoms with Crippen molar-refractivity contribution < 1.29 is 9.22 Å². The first kappa shape index (κ1) is 25.9. The van der Waals surface area contributed by atoms with E-state index in [1.807, 2.05) is 12.1 Å². The van der Waals surface area contributed by atoms with Crippen molar-refractivity contribution in [1.82, 2.24) is 0 Å². The van der Waals surface area contributed by atoms with Gasteiger partial charge in [-0.25, -0.2) is 0 Å². The Bertz CT molecular complexity index is 922. The normalized spacial score (nSPS) is 16.1. The van der Waals surface area contributed by atoms with Crippen molar-refractivity contribution in [3.8, 4) is 5.75 Å². The van der Waals surface area contributed by atoms with Crippen molar-refractivity contribution in [2.45, 2.75) is 80.4 Å². The van der Waals surface area contributed by atoms with Crippen LogP contribution in [0.15, 0.2) is 51.5 Å². The van der Waals surface area contributed by atoms with Crippen molar-refractivity contribution in [3.05, 3.63) is 57.1 Å². The summed E-state index contributed by atoms with van der Waals surface area (Å²) in [6.07, 6.45) is 6.25. The number of rotatable bonds is 3. The first-order valence-corrected chi connectivity index (χ1v) is 14.7. The second-order valence-corrected chi connectivity index (χ2v) is 17.8. The Balaban J connectivity index is 2.66. The van der Waals surface area contributed by atoms with E-state index in [9.17, 15) is 4.79 Å². The number of halogens is 1. The van der Waals surface area contributed by atoms with Gasteiger partial charge in [0.05, 0.1) is 0 Å². The minimum Gasteiger partial charge on any atom is -0.543 e. The molecule has 1 aromatic rings. The SMILES string of the molecule is CC(C)(C)C1=CC(=Cc2cc(Br)ccc2O[Si](C)(C)C(C)(C)C)C=C(C(C)(C)C)C1=O. The van der Waals surface area contributed by atoms with E-state index in [4.69, 9.17) is 4.43 Å². The Morgan fingerprint density at radius 1 is 0.871 bits per heavy atom. The van der Waals surface area contributed by atoms with Gasteiger partial charge >= 0.3 is 0 Å².